The molecule has 0 N–H and O–H groups in total. The van der Waals surface area contributed by atoms with Crippen LogP contribution in [0.15, 0.2) is 133 Å². The maximum Gasteiger partial charge on any atom is 0.0433 e. The molecule has 0 bridgehead atoms. The average Bonchev–Trinajstić information content (AvgIpc) is 3.35. The van der Waals surface area contributed by atoms with Crippen LogP contribution in [0.4, 0.5) is 0 Å². The fraction of sp³-hybridized carbons (Fsp3) is 0. The van der Waals surface area contributed by atoms with Crippen LogP contribution in [0.25, 0.3) is 74.7 Å². The highest BCUT2D eigenvalue weighted by atomic mass is 32.1. The standard InChI is InChI=1S/C36H22S/c1-2-7-24-20-25(13-12-23(24)6-1)26-16-18-30-27(21-26)14-15-28-22-29(17-19-31(28)30)32-9-5-10-34-33-8-3-4-11-35(33)37-36(32)34/h1-22H. The van der Waals surface area contributed by atoms with E-state index >= 15 is 0 Å². The van der Waals surface area contributed by atoms with Crippen LogP contribution in [0.2, 0.25) is 0 Å². The predicted molar refractivity (Wildman–Crippen MR) is 163 cm³/mol. The van der Waals surface area contributed by atoms with Gasteiger partial charge in [-0.2, -0.15) is 0 Å². The Morgan fingerprint density at radius 2 is 0.946 bits per heavy atom. The van der Waals surface area contributed by atoms with Gasteiger partial charge in [0.15, 0.2) is 0 Å². The molecule has 7 aromatic carbocycles. The summed E-state index contributed by atoms with van der Waals surface area (Å²) in [6.45, 7) is 0. The molecule has 0 fully saturated rings. The molecular weight excluding hydrogens is 464 g/mol. The molecule has 0 unspecified atom stereocenters. The minimum Gasteiger partial charge on any atom is -0.135 e. The van der Waals surface area contributed by atoms with E-state index in [4.69, 9.17) is 0 Å². The van der Waals surface area contributed by atoms with Crippen LogP contribution in [0.5, 0.6) is 0 Å². The summed E-state index contributed by atoms with van der Waals surface area (Å²) in [6.07, 6.45) is 0. The van der Waals surface area contributed by atoms with E-state index in [1.54, 1.807) is 0 Å². The molecule has 0 aliphatic heterocycles. The molecule has 0 atom stereocenters. The molecular formula is C36H22S. The number of hydrogen-bond donors (Lipinski definition) is 0. The van der Waals surface area contributed by atoms with E-state index in [1.165, 1.54) is 74.7 Å². The van der Waals surface area contributed by atoms with Gasteiger partial charge in [-0.05, 0) is 78.8 Å². The van der Waals surface area contributed by atoms with E-state index in [0.29, 0.717) is 0 Å². The molecule has 172 valence electrons. The molecule has 1 heteroatoms. The SMILES string of the molecule is c1ccc2cc(-c3ccc4c(ccc5cc(-c6cccc7c6sc6ccccc67)ccc54)c3)ccc2c1. The van der Waals surface area contributed by atoms with Gasteiger partial charge in [0.2, 0.25) is 0 Å². The van der Waals surface area contributed by atoms with Crippen molar-refractivity contribution in [1.29, 1.82) is 0 Å². The Bertz CT molecular complexity index is 2140. The van der Waals surface area contributed by atoms with Crippen LogP contribution in [0.3, 0.4) is 0 Å². The van der Waals surface area contributed by atoms with Crippen molar-refractivity contribution >= 4 is 63.8 Å². The minimum atomic E-state index is 1.26. The Labute approximate surface area is 219 Å². The molecule has 37 heavy (non-hydrogen) atoms. The van der Waals surface area contributed by atoms with E-state index in [-0.39, 0.29) is 0 Å². The van der Waals surface area contributed by atoms with Gasteiger partial charge in [-0.3, -0.25) is 0 Å². The Balaban J connectivity index is 1.25. The number of benzene rings is 7. The van der Waals surface area contributed by atoms with Crippen molar-refractivity contribution in [2.45, 2.75) is 0 Å². The van der Waals surface area contributed by atoms with Gasteiger partial charge in [-0.15, -0.1) is 11.3 Å². The lowest BCUT2D eigenvalue weighted by molar-refractivity contribution is 1.68. The minimum absolute atomic E-state index is 1.26. The van der Waals surface area contributed by atoms with Crippen LogP contribution >= 0.6 is 11.3 Å². The van der Waals surface area contributed by atoms with Gasteiger partial charge >= 0.3 is 0 Å². The highest BCUT2D eigenvalue weighted by molar-refractivity contribution is 7.26. The fourth-order valence-electron chi connectivity index (χ4n) is 5.76. The summed E-state index contributed by atoms with van der Waals surface area (Å²) in [4.78, 5) is 0. The first kappa shape index (κ1) is 20.7. The lowest BCUT2D eigenvalue weighted by Crippen LogP contribution is -1.84. The largest absolute Gasteiger partial charge is 0.135 e. The lowest BCUT2D eigenvalue weighted by Gasteiger charge is -2.10. The number of fused-ring (bicyclic) bond motifs is 7. The second-order valence-electron chi connectivity index (χ2n) is 9.78. The molecule has 8 rings (SSSR count). The van der Waals surface area contributed by atoms with Crippen molar-refractivity contribution in [2.24, 2.45) is 0 Å². The van der Waals surface area contributed by atoms with Crippen molar-refractivity contribution in [1.82, 2.24) is 0 Å². The Hall–Kier alpha value is -4.46. The number of hydrogen-bond acceptors (Lipinski definition) is 1. The topological polar surface area (TPSA) is 0 Å². The maximum absolute atomic E-state index is 2.35. The number of rotatable bonds is 2. The van der Waals surface area contributed by atoms with E-state index in [9.17, 15) is 0 Å². The second-order valence-corrected chi connectivity index (χ2v) is 10.8. The first-order chi connectivity index (χ1) is 18.3. The summed E-state index contributed by atoms with van der Waals surface area (Å²) in [5.41, 5.74) is 5.10. The molecule has 0 aliphatic carbocycles. The van der Waals surface area contributed by atoms with Gasteiger partial charge in [0.25, 0.3) is 0 Å². The lowest BCUT2D eigenvalue weighted by atomic mass is 9.94. The van der Waals surface area contributed by atoms with Crippen molar-refractivity contribution in [3.05, 3.63) is 133 Å². The van der Waals surface area contributed by atoms with Crippen molar-refractivity contribution in [2.75, 3.05) is 0 Å². The smallest absolute Gasteiger partial charge is 0.0433 e. The van der Waals surface area contributed by atoms with Crippen LogP contribution in [-0.4, -0.2) is 0 Å². The Morgan fingerprint density at radius 1 is 0.351 bits per heavy atom. The van der Waals surface area contributed by atoms with E-state index in [2.05, 4.69) is 133 Å². The van der Waals surface area contributed by atoms with Crippen LogP contribution in [0, 0.1) is 0 Å². The molecule has 0 saturated heterocycles. The molecule has 1 heterocycles. The van der Waals surface area contributed by atoms with Gasteiger partial charge in [0.1, 0.15) is 0 Å². The van der Waals surface area contributed by atoms with Crippen molar-refractivity contribution < 1.29 is 0 Å². The van der Waals surface area contributed by atoms with Crippen molar-refractivity contribution in [3.63, 3.8) is 0 Å². The quantitative estimate of drug-likeness (QED) is 0.213. The summed E-state index contributed by atoms with van der Waals surface area (Å²) in [6, 6.07) is 49.1. The first-order valence-electron chi connectivity index (χ1n) is 12.7. The molecule has 0 amide bonds. The highest BCUT2D eigenvalue weighted by Crippen LogP contribution is 2.41. The Morgan fingerprint density at radius 3 is 1.78 bits per heavy atom. The molecule has 1 aromatic heterocycles. The Kier molecular flexibility index (Phi) is 4.49. The van der Waals surface area contributed by atoms with Crippen LogP contribution < -0.4 is 0 Å². The zero-order valence-corrected chi connectivity index (χ0v) is 20.9. The third-order valence-corrected chi connectivity index (χ3v) is 8.85. The third kappa shape index (κ3) is 3.28. The molecule has 0 saturated carbocycles. The fourth-order valence-corrected chi connectivity index (χ4v) is 7.00. The summed E-state index contributed by atoms with van der Waals surface area (Å²) in [7, 11) is 0. The summed E-state index contributed by atoms with van der Waals surface area (Å²) in [5, 5.41) is 10.4. The van der Waals surface area contributed by atoms with Crippen LogP contribution in [0.1, 0.15) is 0 Å². The van der Waals surface area contributed by atoms with Gasteiger partial charge in [0, 0.05) is 20.2 Å². The molecule has 0 nitrogen and oxygen atoms in total. The van der Waals surface area contributed by atoms with Crippen molar-refractivity contribution in [3.8, 4) is 22.3 Å². The monoisotopic (exact) mass is 486 g/mol. The average molecular weight is 487 g/mol. The zero-order chi connectivity index (χ0) is 24.3. The second kappa shape index (κ2) is 8.03. The summed E-state index contributed by atoms with van der Waals surface area (Å²) in [5.74, 6) is 0. The third-order valence-electron chi connectivity index (χ3n) is 7.63. The van der Waals surface area contributed by atoms with Crippen LogP contribution in [-0.2, 0) is 0 Å². The molecule has 8 aromatic rings. The van der Waals surface area contributed by atoms with Gasteiger partial charge in [-0.25, -0.2) is 0 Å². The van der Waals surface area contributed by atoms with E-state index in [1.807, 2.05) is 11.3 Å². The maximum atomic E-state index is 2.35. The van der Waals surface area contributed by atoms with E-state index in [0.717, 1.165) is 0 Å². The summed E-state index contributed by atoms with van der Waals surface area (Å²) < 4.78 is 2.71. The first-order valence-corrected chi connectivity index (χ1v) is 13.5. The zero-order valence-electron chi connectivity index (χ0n) is 20.1. The summed E-state index contributed by atoms with van der Waals surface area (Å²) >= 11 is 1.89. The molecule has 0 spiro atoms. The highest BCUT2D eigenvalue weighted by Gasteiger charge is 2.11. The predicted octanol–water partition coefficient (Wildman–Crippen LogP) is 10.8. The van der Waals surface area contributed by atoms with Gasteiger partial charge in [0.05, 0.1) is 0 Å². The van der Waals surface area contributed by atoms with Gasteiger partial charge in [-0.1, -0.05) is 109 Å². The normalized spacial score (nSPS) is 11.8. The number of thiophene rings is 1. The van der Waals surface area contributed by atoms with Gasteiger partial charge < -0.3 is 0 Å². The molecule has 0 aliphatic rings. The molecule has 0 radical (unpaired) electrons. The van der Waals surface area contributed by atoms with E-state index < -0.39 is 0 Å².